The van der Waals surface area contributed by atoms with Crippen LogP contribution in [0.2, 0.25) is 0 Å². The molecule has 1 atom stereocenters. The summed E-state index contributed by atoms with van der Waals surface area (Å²) in [5.41, 5.74) is 1.38. The van der Waals surface area contributed by atoms with E-state index >= 15 is 0 Å². The number of amides is 1. The smallest absolute Gasteiger partial charge is 0.255 e. The number of fused-ring (bicyclic) bond motifs is 1. The first-order valence-electron chi connectivity index (χ1n) is 12.1. The van der Waals surface area contributed by atoms with E-state index < -0.39 is 27.7 Å². The molecule has 4 N–H and O–H groups in total. The fourth-order valence-corrected chi connectivity index (χ4v) is 4.73. The highest BCUT2D eigenvalue weighted by molar-refractivity contribution is 7.88. The number of anilines is 1. The zero-order valence-corrected chi connectivity index (χ0v) is 22.1. The molecule has 3 aromatic heterocycles. The molecular weight excluding hydrogens is 513 g/mol. The van der Waals surface area contributed by atoms with Crippen molar-refractivity contribution in [3.8, 4) is 17.5 Å². The lowest BCUT2D eigenvalue weighted by molar-refractivity contribution is -0.00177. The van der Waals surface area contributed by atoms with Gasteiger partial charge in [-0.3, -0.25) is 9.78 Å². The van der Waals surface area contributed by atoms with E-state index in [2.05, 4.69) is 31.5 Å². The third-order valence-corrected chi connectivity index (χ3v) is 7.17. The first-order chi connectivity index (χ1) is 17.8. The van der Waals surface area contributed by atoms with E-state index in [0.717, 1.165) is 6.26 Å². The fraction of sp³-hybridized carbons (Fsp3) is 0.440. The second kappa shape index (κ2) is 10.6. The molecule has 0 bridgehead atoms. The van der Waals surface area contributed by atoms with E-state index in [1.54, 1.807) is 16.6 Å². The van der Waals surface area contributed by atoms with E-state index in [1.807, 2.05) is 12.1 Å². The number of nitrogens with zero attached hydrogens (tertiary/aromatic N) is 4. The molecule has 4 rings (SSSR count). The second-order valence-corrected chi connectivity index (χ2v) is 12.0. The normalized spacial score (nSPS) is 18.4. The molecule has 0 aliphatic heterocycles. The Morgan fingerprint density at radius 3 is 2.71 bits per heavy atom. The van der Waals surface area contributed by atoms with Gasteiger partial charge in [-0.2, -0.15) is 10.4 Å². The average Bonchev–Trinajstić information content (AvgIpc) is 3.25. The Hall–Kier alpha value is -3.60. The van der Waals surface area contributed by atoms with Crippen LogP contribution in [0.4, 0.5) is 10.1 Å². The highest BCUT2D eigenvalue weighted by Crippen LogP contribution is 2.32. The minimum Gasteiger partial charge on any atom is -0.387 e. The molecular formula is C25H30FN7O4S. The number of nitrogens with one attached hydrogen (secondary N) is 3. The lowest BCUT2D eigenvalue weighted by Gasteiger charge is -2.37. The van der Waals surface area contributed by atoms with Crippen molar-refractivity contribution < 1.29 is 22.7 Å². The van der Waals surface area contributed by atoms with Gasteiger partial charge in [0.05, 0.1) is 58.3 Å². The van der Waals surface area contributed by atoms with Gasteiger partial charge in [0, 0.05) is 18.8 Å². The average molecular weight is 544 g/mol. The molecule has 11 nitrogen and oxygen atoms in total. The standard InChI is InChI=1S/C25H30FN7O4S/c1-25(2,35)23(26)14-29-24(34)19-13-28-21(22-5-4-18-8-16(10-27)11-30-33(18)22)9-20(19)32-17-6-15(7-17)12-31-38(3,36)37/h4-5,8-9,11,13,15,17,23,31,35H,6-7,12,14H2,1-3H3,(H,28,32)(H,29,34)/t15?,17?,23-/m1/s1. The summed E-state index contributed by atoms with van der Waals surface area (Å²) in [6.45, 7) is 2.62. The van der Waals surface area contributed by atoms with Gasteiger partial charge in [-0.1, -0.05) is 0 Å². The third kappa shape index (κ3) is 6.45. The van der Waals surface area contributed by atoms with Crippen LogP contribution in [-0.4, -0.2) is 71.2 Å². The molecule has 1 fully saturated rings. The molecule has 3 aromatic rings. The molecule has 1 amide bonds. The Kier molecular flexibility index (Phi) is 7.68. The van der Waals surface area contributed by atoms with Gasteiger partial charge in [-0.05, 0) is 56.9 Å². The van der Waals surface area contributed by atoms with Crippen molar-refractivity contribution in [2.75, 3.05) is 24.7 Å². The van der Waals surface area contributed by atoms with Crippen LogP contribution in [0.15, 0.2) is 36.7 Å². The van der Waals surface area contributed by atoms with Gasteiger partial charge in [0.2, 0.25) is 10.0 Å². The maximum Gasteiger partial charge on any atom is 0.255 e. The number of aliphatic hydroxyl groups is 1. The van der Waals surface area contributed by atoms with Crippen LogP contribution in [0.1, 0.15) is 42.6 Å². The first-order valence-corrected chi connectivity index (χ1v) is 14.0. The Labute approximate surface area is 220 Å². The number of halogens is 1. The van der Waals surface area contributed by atoms with Crippen molar-refractivity contribution in [3.63, 3.8) is 0 Å². The number of pyridine rings is 1. The quantitative estimate of drug-likeness (QED) is 0.301. The molecule has 1 aliphatic rings. The van der Waals surface area contributed by atoms with Crippen LogP contribution < -0.4 is 15.4 Å². The molecule has 202 valence electrons. The Balaban J connectivity index is 1.58. The minimum atomic E-state index is -3.27. The molecule has 0 aromatic carbocycles. The summed E-state index contributed by atoms with van der Waals surface area (Å²) in [5, 5.41) is 29.2. The molecule has 0 saturated heterocycles. The number of aromatic nitrogens is 3. The number of rotatable bonds is 10. The van der Waals surface area contributed by atoms with E-state index in [-0.39, 0.29) is 24.1 Å². The van der Waals surface area contributed by atoms with E-state index in [9.17, 15) is 22.7 Å². The van der Waals surface area contributed by atoms with Gasteiger partial charge in [0.25, 0.3) is 5.91 Å². The van der Waals surface area contributed by atoms with Crippen molar-refractivity contribution >= 4 is 27.1 Å². The van der Waals surface area contributed by atoms with Crippen LogP contribution in [0.25, 0.3) is 16.9 Å². The number of carbonyl (C=O) groups excluding carboxylic acids is 1. The van der Waals surface area contributed by atoms with Crippen LogP contribution in [0.3, 0.4) is 0 Å². The summed E-state index contributed by atoms with van der Waals surface area (Å²) < 4.78 is 41.1. The van der Waals surface area contributed by atoms with Crippen LogP contribution >= 0.6 is 0 Å². The summed E-state index contributed by atoms with van der Waals surface area (Å²) in [4.78, 5) is 17.4. The molecule has 1 aliphatic carbocycles. The zero-order valence-electron chi connectivity index (χ0n) is 21.3. The predicted molar refractivity (Wildman–Crippen MR) is 140 cm³/mol. The van der Waals surface area contributed by atoms with E-state index in [4.69, 9.17) is 5.26 Å². The summed E-state index contributed by atoms with van der Waals surface area (Å²) in [6, 6.07) is 9.08. The number of alkyl halides is 1. The summed E-state index contributed by atoms with van der Waals surface area (Å²) in [5.74, 6) is -0.391. The number of hydrogen-bond acceptors (Lipinski definition) is 8. The molecule has 3 heterocycles. The van der Waals surface area contributed by atoms with Crippen LogP contribution in [0, 0.1) is 17.2 Å². The molecule has 0 spiro atoms. The van der Waals surface area contributed by atoms with Gasteiger partial charge >= 0.3 is 0 Å². The van der Waals surface area contributed by atoms with Crippen molar-refractivity contribution in [2.24, 2.45) is 5.92 Å². The number of nitriles is 1. The van der Waals surface area contributed by atoms with Crippen LogP contribution in [-0.2, 0) is 10.0 Å². The number of carbonyl (C=O) groups is 1. The Bertz CT molecular complexity index is 1490. The van der Waals surface area contributed by atoms with Gasteiger partial charge in [0.15, 0.2) is 0 Å². The summed E-state index contributed by atoms with van der Waals surface area (Å²) >= 11 is 0. The third-order valence-electron chi connectivity index (χ3n) is 6.48. The van der Waals surface area contributed by atoms with E-state index in [0.29, 0.717) is 47.5 Å². The Morgan fingerprint density at radius 2 is 2.05 bits per heavy atom. The zero-order chi connectivity index (χ0) is 27.7. The lowest BCUT2D eigenvalue weighted by atomic mass is 9.80. The van der Waals surface area contributed by atoms with E-state index in [1.165, 1.54) is 26.2 Å². The van der Waals surface area contributed by atoms with Gasteiger partial charge in [-0.25, -0.2) is 22.0 Å². The second-order valence-electron chi connectivity index (χ2n) is 10.2. The number of sulfonamides is 1. The van der Waals surface area contributed by atoms with Gasteiger partial charge in [0.1, 0.15) is 12.2 Å². The topological polar surface area (TPSA) is 162 Å². The summed E-state index contributed by atoms with van der Waals surface area (Å²) in [7, 11) is -3.27. The monoisotopic (exact) mass is 543 g/mol. The predicted octanol–water partition coefficient (Wildman–Crippen LogP) is 1.85. The molecule has 0 radical (unpaired) electrons. The lowest BCUT2D eigenvalue weighted by Crippen LogP contribution is -2.43. The molecule has 13 heteroatoms. The highest BCUT2D eigenvalue weighted by atomic mass is 32.2. The largest absolute Gasteiger partial charge is 0.387 e. The fourth-order valence-electron chi connectivity index (χ4n) is 4.19. The first kappa shape index (κ1) is 27.4. The maximum atomic E-state index is 14.2. The van der Waals surface area contributed by atoms with Crippen LogP contribution in [0.5, 0.6) is 0 Å². The Morgan fingerprint density at radius 1 is 1.32 bits per heavy atom. The highest BCUT2D eigenvalue weighted by Gasteiger charge is 2.31. The molecule has 0 unspecified atom stereocenters. The molecule has 1 saturated carbocycles. The van der Waals surface area contributed by atoms with Crippen molar-refractivity contribution in [1.82, 2.24) is 24.6 Å². The van der Waals surface area contributed by atoms with Crippen molar-refractivity contribution in [1.29, 1.82) is 5.26 Å². The minimum absolute atomic E-state index is 0.00571. The maximum absolute atomic E-state index is 14.2. The summed E-state index contributed by atoms with van der Waals surface area (Å²) in [6.07, 6.45) is 3.69. The van der Waals surface area contributed by atoms with Gasteiger partial charge < -0.3 is 15.7 Å². The molecule has 38 heavy (non-hydrogen) atoms. The number of hydrogen-bond donors (Lipinski definition) is 4. The van der Waals surface area contributed by atoms with Crippen molar-refractivity contribution in [3.05, 3.63) is 47.8 Å². The van der Waals surface area contributed by atoms with Gasteiger partial charge in [-0.15, -0.1) is 0 Å². The van der Waals surface area contributed by atoms with Crippen molar-refractivity contribution in [2.45, 2.75) is 44.5 Å². The SMILES string of the molecule is CC(C)(O)[C@H](F)CNC(=O)c1cnc(-c2ccc3cc(C#N)cnn23)cc1NC1CC(CNS(C)(=O)=O)C1.